The predicted octanol–water partition coefficient (Wildman–Crippen LogP) is 4.00. The summed E-state index contributed by atoms with van der Waals surface area (Å²) in [7, 11) is 0. The van der Waals surface area contributed by atoms with Crippen LogP contribution in [0.3, 0.4) is 0 Å². The van der Waals surface area contributed by atoms with E-state index in [-0.39, 0.29) is 0 Å². The first kappa shape index (κ1) is 17.4. The van der Waals surface area contributed by atoms with Crippen molar-refractivity contribution in [1.29, 1.82) is 0 Å². The Labute approximate surface area is 155 Å². The summed E-state index contributed by atoms with van der Waals surface area (Å²) in [6.07, 6.45) is 0. The standard InChI is InChI=1S/C20H18F2N4O/c21-16-7-6-15(12-17(16)22)23-19-13-18(14-4-2-1-3-5-14)24-20(25-19)26-8-10-27-11-9-26/h1-7,12-13H,8-11H2,(H,23,24,25). The average molecular weight is 368 g/mol. The minimum atomic E-state index is -0.911. The molecular formula is C20H18F2N4O. The molecule has 0 amide bonds. The molecule has 1 fully saturated rings. The monoisotopic (exact) mass is 368 g/mol. The van der Waals surface area contributed by atoms with E-state index in [9.17, 15) is 8.78 Å². The predicted molar refractivity (Wildman–Crippen MR) is 100 cm³/mol. The van der Waals surface area contributed by atoms with E-state index < -0.39 is 11.6 Å². The summed E-state index contributed by atoms with van der Waals surface area (Å²) < 4.78 is 32.1. The van der Waals surface area contributed by atoms with Crippen LogP contribution in [0.2, 0.25) is 0 Å². The lowest BCUT2D eigenvalue weighted by Gasteiger charge is -2.27. The summed E-state index contributed by atoms with van der Waals surface area (Å²) in [5, 5.41) is 3.05. The van der Waals surface area contributed by atoms with Crippen LogP contribution in [0.5, 0.6) is 0 Å². The van der Waals surface area contributed by atoms with Gasteiger partial charge >= 0.3 is 0 Å². The number of rotatable bonds is 4. The van der Waals surface area contributed by atoms with Crippen LogP contribution in [0.25, 0.3) is 11.3 Å². The van der Waals surface area contributed by atoms with Crippen LogP contribution in [0.15, 0.2) is 54.6 Å². The van der Waals surface area contributed by atoms with Gasteiger partial charge in [0.05, 0.1) is 18.9 Å². The lowest BCUT2D eigenvalue weighted by Crippen LogP contribution is -2.37. The Morgan fingerprint density at radius 2 is 1.67 bits per heavy atom. The molecule has 1 aliphatic rings. The molecule has 1 aromatic heterocycles. The van der Waals surface area contributed by atoms with E-state index in [0.717, 1.165) is 23.4 Å². The van der Waals surface area contributed by atoms with Crippen molar-refractivity contribution in [2.75, 3.05) is 36.5 Å². The van der Waals surface area contributed by atoms with Gasteiger partial charge in [-0.25, -0.2) is 13.8 Å². The summed E-state index contributed by atoms with van der Waals surface area (Å²) in [6, 6.07) is 15.2. The maximum absolute atomic E-state index is 13.5. The Morgan fingerprint density at radius 3 is 2.41 bits per heavy atom. The molecule has 1 aliphatic heterocycles. The Morgan fingerprint density at radius 1 is 0.889 bits per heavy atom. The normalized spacial score (nSPS) is 14.2. The van der Waals surface area contributed by atoms with E-state index in [2.05, 4.69) is 15.3 Å². The lowest BCUT2D eigenvalue weighted by molar-refractivity contribution is 0.122. The fraction of sp³-hybridized carbons (Fsp3) is 0.200. The first-order valence-electron chi connectivity index (χ1n) is 8.68. The third-order valence-electron chi connectivity index (χ3n) is 4.27. The highest BCUT2D eigenvalue weighted by Gasteiger charge is 2.16. The van der Waals surface area contributed by atoms with Gasteiger partial charge in [0.1, 0.15) is 5.82 Å². The average Bonchev–Trinajstić information content (AvgIpc) is 2.72. The van der Waals surface area contributed by atoms with Crippen molar-refractivity contribution in [3.8, 4) is 11.3 Å². The molecule has 7 heteroatoms. The van der Waals surface area contributed by atoms with Gasteiger partial charge in [0.15, 0.2) is 11.6 Å². The van der Waals surface area contributed by atoms with E-state index >= 15 is 0 Å². The molecule has 5 nitrogen and oxygen atoms in total. The zero-order valence-electron chi connectivity index (χ0n) is 14.5. The summed E-state index contributed by atoms with van der Waals surface area (Å²) >= 11 is 0. The molecule has 0 radical (unpaired) electrons. The van der Waals surface area contributed by atoms with Crippen LogP contribution in [-0.4, -0.2) is 36.3 Å². The van der Waals surface area contributed by atoms with Gasteiger partial charge in [-0.3, -0.25) is 0 Å². The van der Waals surface area contributed by atoms with Crippen molar-refractivity contribution in [3.05, 3.63) is 66.2 Å². The SMILES string of the molecule is Fc1ccc(Nc2cc(-c3ccccc3)nc(N3CCOCC3)n2)cc1F. The van der Waals surface area contributed by atoms with E-state index in [1.54, 1.807) is 6.07 Å². The third kappa shape index (κ3) is 4.03. The molecule has 2 aromatic carbocycles. The van der Waals surface area contributed by atoms with Crippen LogP contribution >= 0.6 is 0 Å². The topological polar surface area (TPSA) is 50.3 Å². The van der Waals surface area contributed by atoms with Gasteiger partial charge in [-0.05, 0) is 12.1 Å². The van der Waals surface area contributed by atoms with Crippen LogP contribution < -0.4 is 10.2 Å². The van der Waals surface area contributed by atoms with Crippen molar-refractivity contribution in [3.63, 3.8) is 0 Å². The third-order valence-corrected chi connectivity index (χ3v) is 4.27. The van der Waals surface area contributed by atoms with E-state index in [1.807, 2.05) is 35.2 Å². The van der Waals surface area contributed by atoms with Gasteiger partial charge in [-0.2, -0.15) is 4.98 Å². The molecule has 0 aliphatic carbocycles. The number of benzene rings is 2. The molecule has 4 rings (SSSR count). The molecule has 0 saturated carbocycles. The number of anilines is 3. The highest BCUT2D eigenvalue weighted by atomic mass is 19.2. The Balaban J connectivity index is 1.71. The van der Waals surface area contributed by atoms with Crippen molar-refractivity contribution in [2.45, 2.75) is 0 Å². The molecular weight excluding hydrogens is 350 g/mol. The summed E-state index contributed by atoms with van der Waals surface area (Å²) in [4.78, 5) is 11.3. The zero-order chi connectivity index (χ0) is 18.6. The maximum atomic E-state index is 13.5. The minimum Gasteiger partial charge on any atom is -0.378 e. The molecule has 0 unspecified atom stereocenters. The number of nitrogens with zero attached hydrogens (tertiary/aromatic N) is 3. The zero-order valence-corrected chi connectivity index (χ0v) is 14.5. The lowest BCUT2D eigenvalue weighted by atomic mass is 10.1. The highest BCUT2D eigenvalue weighted by Crippen LogP contribution is 2.26. The minimum absolute atomic E-state index is 0.416. The van der Waals surface area contributed by atoms with Crippen molar-refractivity contribution >= 4 is 17.5 Å². The number of morpholine rings is 1. The molecule has 3 aromatic rings. The van der Waals surface area contributed by atoms with Crippen molar-refractivity contribution in [1.82, 2.24) is 9.97 Å². The molecule has 27 heavy (non-hydrogen) atoms. The second-order valence-electron chi connectivity index (χ2n) is 6.16. The number of ether oxygens (including phenoxy) is 1. The Bertz CT molecular complexity index is 931. The van der Waals surface area contributed by atoms with Crippen molar-refractivity contribution < 1.29 is 13.5 Å². The van der Waals surface area contributed by atoms with E-state index in [1.165, 1.54) is 6.07 Å². The number of nitrogens with one attached hydrogen (secondary N) is 1. The molecule has 0 atom stereocenters. The van der Waals surface area contributed by atoms with E-state index in [0.29, 0.717) is 43.8 Å². The van der Waals surface area contributed by atoms with E-state index in [4.69, 9.17) is 4.74 Å². The van der Waals surface area contributed by atoms with Crippen molar-refractivity contribution in [2.24, 2.45) is 0 Å². The van der Waals surface area contributed by atoms with Crippen LogP contribution in [0.1, 0.15) is 0 Å². The fourth-order valence-corrected chi connectivity index (χ4v) is 2.88. The molecule has 1 saturated heterocycles. The van der Waals surface area contributed by atoms with Gasteiger partial charge in [0.2, 0.25) is 5.95 Å². The largest absolute Gasteiger partial charge is 0.378 e. The second-order valence-corrected chi connectivity index (χ2v) is 6.16. The van der Waals surface area contributed by atoms with Gasteiger partial charge < -0.3 is 15.0 Å². The molecule has 2 heterocycles. The molecule has 138 valence electrons. The summed E-state index contributed by atoms with van der Waals surface area (Å²) in [5.41, 5.74) is 2.11. The maximum Gasteiger partial charge on any atom is 0.228 e. The molecule has 0 spiro atoms. The Kier molecular flexibility index (Phi) is 4.93. The smallest absolute Gasteiger partial charge is 0.228 e. The van der Waals surface area contributed by atoms with Gasteiger partial charge in [0.25, 0.3) is 0 Å². The Hall–Kier alpha value is -3.06. The second kappa shape index (κ2) is 7.67. The number of hydrogen-bond acceptors (Lipinski definition) is 5. The number of aromatic nitrogens is 2. The molecule has 0 bridgehead atoms. The van der Waals surface area contributed by atoms with Crippen LogP contribution in [-0.2, 0) is 4.74 Å². The summed E-state index contributed by atoms with van der Waals surface area (Å²) in [6.45, 7) is 2.63. The first-order valence-corrected chi connectivity index (χ1v) is 8.68. The number of halogens is 2. The van der Waals surface area contributed by atoms with Gasteiger partial charge in [-0.15, -0.1) is 0 Å². The fourth-order valence-electron chi connectivity index (χ4n) is 2.88. The number of hydrogen-bond donors (Lipinski definition) is 1. The molecule has 1 N–H and O–H groups in total. The van der Waals surface area contributed by atoms with Gasteiger partial charge in [0, 0.05) is 36.5 Å². The quantitative estimate of drug-likeness (QED) is 0.754. The van der Waals surface area contributed by atoms with Crippen LogP contribution in [0, 0.1) is 11.6 Å². The van der Waals surface area contributed by atoms with Crippen LogP contribution in [0.4, 0.5) is 26.2 Å². The first-order chi connectivity index (χ1) is 13.2. The van der Waals surface area contributed by atoms with Gasteiger partial charge in [-0.1, -0.05) is 30.3 Å². The highest BCUT2D eigenvalue weighted by molar-refractivity contribution is 5.67. The summed E-state index contributed by atoms with van der Waals surface area (Å²) in [5.74, 6) is -0.714.